The second-order valence-electron chi connectivity index (χ2n) is 9.74. The topological polar surface area (TPSA) is 101 Å². The molecular formula is C29H33N3O4. The van der Waals surface area contributed by atoms with Crippen LogP contribution in [0.15, 0.2) is 73.1 Å². The van der Waals surface area contributed by atoms with E-state index >= 15 is 0 Å². The lowest BCUT2D eigenvalue weighted by Crippen LogP contribution is -2.45. The zero-order valence-corrected chi connectivity index (χ0v) is 20.7. The number of hydrogen-bond acceptors (Lipinski definition) is 5. The molecule has 2 aromatic carbocycles. The summed E-state index contributed by atoms with van der Waals surface area (Å²) in [6, 6.07) is 18.6. The Morgan fingerprint density at radius 3 is 2.50 bits per heavy atom. The van der Waals surface area contributed by atoms with Crippen molar-refractivity contribution in [2.45, 2.75) is 50.7 Å². The molecule has 36 heavy (non-hydrogen) atoms. The van der Waals surface area contributed by atoms with E-state index in [2.05, 4.69) is 15.6 Å². The molecule has 2 atom stereocenters. The zero-order chi connectivity index (χ0) is 25.5. The number of aliphatic carboxylic acids is 1. The van der Waals surface area contributed by atoms with E-state index in [1.165, 1.54) is 0 Å². The van der Waals surface area contributed by atoms with Gasteiger partial charge in [0.15, 0.2) is 0 Å². The van der Waals surface area contributed by atoms with Gasteiger partial charge in [-0.15, -0.1) is 0 Å². The Morgan fingerprint density at radius 2 is 1.83 bits per heavy atom. The molecule has 0 saturated carbocycles. The van der Waals surface area contributed by atoms with Gasteiger partial charge in [0.25, 0.3) is 0 Å². The number of nitrogens with zero attached hydrogens (tertiary/aromatic N) is 1. The quantitative estimate of drug-likeness (QED) is 0.391. The minimum Gasteiger partial charge on any atom is -0.481 e. The van der Waals surface area contributed by atoms with E-state index in [-0.39, 0.29) is 12.0 Å². The van der Waals surface area contributed by atoms with Crippen molar-refractivity contribution < 1.29 is 19.4 Å². The summed E-state index contributed by atoms with van der Waals surface area (Å²) >= 11 is 0. The largest absolute Gasteiger partial charge is 0.481 e. The molecule has 1 saturated heterocycles. The summed E-state index contributed by atoms with van der Waals surface area (Å²) in [7, 11) is 0. The lowest BCUT2D eigenvalue weighted by molar-refractivity contribution is -0.142. The third-order valence-electron chi connectivity index (χ3n) is 6.69. The number of benzene rings is 2. The summed E-state index contributed by atoms with van der Waals surface area (Å²) in [5.41, 5.74) is 2.77. The molecule has 7 heteroatoms. The van der Waals surface area contributed by atoms with Crippen LogP contribution in [-0.2, 0) is 26.2 Å². The van der Waals surface area contributed by atoms with Gasteiger partial charge >= 0.3 is 5.97 Å². The monoisotopic (exact) mass is 487 g/mol. The van der Waals surface area contributed by atoms with Gasteiger partial charge in [0.05, 0.1) is 17.6 Å². The summed E-state index contributed by atoms with van der Waals surface area (Å²) in [6.45, 7) is 4.67. The summed E-state index contributed by atoms with van der Waals surface area (Å²) < 4.78 is 5.74. The number of carboxylic acid groups (broad SMARTS) is 1. The van der Waals surface area contributed by atoms with Crippen LogP contribution in [0.4, 0.5) is 5.69 Å². The minimum absolute atomic E-state index is 0.106. The summed E-state index contributed by atoms with van der Waals surface area (Å²) in [6.07, 6.45) is 6.02. The second kappa shape index (κ2) is 11.5. The lowest BCUT2D eigenvalue weighted by Gasteiger charge is -2.24. The number of carboxylic acids is 1. The smallest absolute Gasteiger partial charge is 0.313 e. The van der Waals surface area contributed by atoms with Gasteiger partial charge in [0, 0.05) is 31.2 Å². The van der Waals surface area contributed by atoms with E-state index in [4.69, 9.17) is 4.74 Å². The van der Waals surface area contributed by atoms with Crippen LogP contribution in [0.25, 0.3) is 11.1 Å². The average molecular weight is 488 g/mol. The molecule has 1 aliphatic rings. The standard InChI is InChI=1S/C29H33N3O4/c1-29(2,28(34)35)23-16-22(21-10-12-30-13-11-21)17-24(18-23)32-27(33)26(15-20-7-4-3-5-8-20)31-19-25-9-6-14-36-25/h3-5,7-8,10-13,16-18,25-26,31H,6,9,14-15,19H2,1-2H3,(H,32,33)(H,34,35)/t25-,26+/m1/s1. The van der Waals surface area contributed by atoms with Gasteiger partial charge in [-0.05, 0) is 85.7 Å². The van der Waals surface area contributed by atoms with E-state index in [9.17, 15) is 14.7 Å². The number of anilines is 1. The molecule has 0 unspecified atom stereocenters. The van der Waals surface area contributed by atoms with Crippen molar-refractivity contribution >= 4 is 17.6 Å². The molecule has 1 aromatic heterocycles. The summed E-state index contributed by atoms with van der Waals surface area (Å²) in [5, 5.41) is 16.3. The number of amides is 1. The number of hydrogen-bond donors (Lipinski definition) is 3. The molecule has 0 radical (unpaired) electrons. The van der Waals surface area contributed by atoms with E-state index in [0.717, 1.165) is 36.1 Å². The van der Waals surface area contributed by atoms with Gasteiger partial charge < -0.3 is 20.5 Å². The highest BCUT2D eigenvalue weighted by Crippen LogP contribution is 2.32. The molecule has 7 nitrogen and oxygen atoms in total. The van der Waals surface area contributed by atoms with Crippen molar-refractivity contribution in [1.82, 2.24) is 10.3 Å². The van der Waals surface area contributed by atoms with Crippen molar-refractivity contribution in [1.29, 1.82) is 0 Å². The van der Waals surface area contributed by atoms with Crippen molar-refractivity contribution in [3.8, 4) is 11.1 Å². The molecule has 188 valence electrons. The maximum Gasteiger partial charge on any atom is 0.313 e. The second-order valence-corrected chi connectivity index (χ2v) is 9.74. The molecule has 1 fully saturated rings. The predicted octanol–water partition coefficient (Wildman–Crippen LogP) is 4.43. The van der Waals surface area contributed by atoms with Gasteiger partial charge in [-0.3, -0.25) is 14.6 Å². The first-order valence-corrected chi connectivity index (χ1v) is 12.3. The number of carbonyl (C=O) groups is 2. The molecule has 1 amide bonds. The molecule has 4 rings (SSSR count). The summed E-state index contributed by atoms with van der Waals surface area (Å²) in [5.74, 6) is -1.12. The van der Waals surface area contributed by atoms with Crippen molar-refractivity contribution in [2.75, 3.05) is 18.5 Å². The Hall–Kier alpha value is -3.55. The Morgan fingerprint density at radius 1 is 1.08 bits per heavy atom. The van der Waals surface area contributed by atoms with Crippen molar-refractivity contribution in [3.63, 3.8) is 0 Å². The fourth-order valence-electron chi connectivity index (χ4n) is 4.31. The van der Waals surface area contributed by atoms with Gasteiger partial charge in [0.1, 0.15) is 0 Å². The fraction of sp³-hybridized carbons (Fsp3) is 0.345. The van der Waals surface area contributed by atoms with Crippen LogP contribution < -0.4 is 10.6 Å². The van der Waals surface area contributed by atoms with Gasteiger partial charge in [-0.25, -0.2) is 0 Å². The molecular weight excluding hydrogens is 454 g/mol. The molecule has 0 spiro atoms. The third kappa shape index (κ3) is 6.36. The van der Waals surface area contributed by atoms with Crippen LogP contribution in [-0.4, -0.2) is 47.3 Å². The molecule has 2 heterocycles. The van der Waals surface area contributed by atoms with Crippen LogP contribution in [0.5, 0.6) is 0 Å². The lowest BCUT2D eigenvalue weighted by atomic mass is 9.83. The summed E-state index contributed by atoms with van der Waals surface area (Å²) in [4.78, 5) is 29.6. The average Bonchev–Trinajstić information content (AvgIpc) is 3.41. The van der Waals surface area contributed by atoms with E-state index in [1.807, 2.05) is 54.6 Å². The Kier molecular flexibility index (Phi) is 8.13. The molecule has 0 aliphatic carbocycles. The molecule has 1 aliphatic heterocycles. The van der Waals surface area contributed by atoms with Gasteiger partial charge in [-0.2, -0.15) is 0 Å². The Balaban J connectivity index is 1.61. The van der Waals surface area contributed by atoms with E-state index in [1.54, 1.807) is 32.3 Å². The third-order valence-corrected chi connectivity index (χ3v) is 6.69. The van der Waals surface area contributed by atoms with Crippen molar-refractivity contribution in [3.05, 3.63) is 84.2 Å². The molecule has 3 N–H and O–H groups in total. The number of ether oxygens (including phenoxy) is 1. The number of nitrogens with one attached hydrogen (secondary N) is 2. The molecule has 0 bridgehead atoms. The maximum absolute atomic E-state index is 13.5. The van der Waals surface area contributed by atoms with Crippen LogP contribution in [0.3, 0.4) is 0 Å². The van der Waals surface area contributed by atoms with E-state index in [0.29, 0.717) is 24.2 Å². The first-order valence-electron chi connectivity index (χ1n) is 12.3. The van der Waals surface area contributed by atoms with Crippen LogP contribution in [0.2, 0.25) is 0 Å². The number of pyridine rings is 1. The zero-order valence-electron chi connectivity index (χ0n) is 20.7. The first-order chi connectivity index (χ1) is 17.3. The molecule has 3 aromatic rings. The van der Waals surface area contributed by atoms with Gasteiger partial charge in [-0.1, -0.05) is 30.3 Å². The Bertz CT molecular complexity index is 1180. The maximum atomic E-state index is 13.5. The minimum atomic E-state index is -1.13. The number of rotatable bonds is 10. The van der Waals surface area contributed by atoms with Crippen LogP contribution in [0.1, 0.15) is 37.8 Å². The van der Waals surface area contributed by atoms with Crippen LogP contribution in [0, 0.1) is 0 Å². The highest BCUT2D eigenvalue weighted by atomic mass is 16.5. The van der Waals surface area contributed by atoms with Crippen molar-refractivity contribution in [2.24, 2.45) is 0 Å². The van der Waals surface area contributed by atoms with Crippen LogP contribution >= 0.6 is 0 Å². The SMILES string of the molecule is CC(C)(C(=O)O)c1cc(NC(=O)[C@H](Cc2ccccc2)NC[C@H]2CCCO2)cc(-c2ccncc2)c1. The number of aromatic nitrogens is 1. The van der Waals surface area contributed by atoms with Gasteiger partial charge in [0.2, 0.25) is 5.91 Å². The predicted molar refractivity (Wildman–Crippen MR) is 140 cm³/mol. The normalized spacial score (nSPS) is 16.4. The highest BCUT2D eigenvalue weighted by molar-refractivity contribution is 5.96. The fourth-order valence-corrected chi connectivity index (χ4v) is 4.31. The number of carbonyl (C=O) groups excluding carboxylic acids is 1. The first kappa shape index (κ1) is 25.5. The Labute approximate surface area is 211 Å². The highest BCUT2D eigenvalue weighted by Gasteiger charge is 2.31. The van der Waals surface area contributed by atoms with E-state index < -0.39 is 17.4 Å².